The Morgan fingerprint density at radius 2 is 2.15 bits per heavy atom. The van der Waals surface area contributed by atoms with E-state index < -0.39 is 0 Å². The minimum absolute atomic E-state index is 0.141. The first-order chi connectivity index (χ1) is 9.70. The van der Waals surface area contributed by atoms with Crippen LogP contribution in [0.3, 0.4) is 0 Å². The van der Waals surface area contributed by atoms with Gasteiger partial charge in [0, 0.05) is 6.04 Å². The van der Waals surface area contributed by atoms with Crippen molar-refractivity contribution in [2.75, 3.05) is 6.54 Å². The van der Waals surface area contributed by atoms with E-state index in [9.17, 15) is 4.39 Å². The first kappa shape index (κ1) is 15.2. The summed E-state index contributed by atoms with van der Waals surface area (Å²) >= 11 is 0. The lowest BCUT2D eigenvalue weighted by atomic mass is 9.90. The molecule has 110 valence electrons. The molecule has 0 saturated carbocycles. The third kappa shape index (κ3) is 4.17. The van der Waals surface area contributed by atoms with Gasteiger partial charge in [0.2, 0.25) is 0 Å². The second-order valence-corrected chi connectivity index (χ2v) is 5.82. The van der Waals surface area contributed by atoms with Gasteiger partial charge in [-0.1, -0.05) is 24.6 Å². The number of rotatable bonds is 6. The molecular weight excluding hydrogens is 249 g/mol. The number of hydrogen-bond donors (Lipinski definition) is 1. The summed E-state index contributed by atoms with van der Waals surface area (Å²) in [4.78, 5) is 0. The van der Waals surface area contributed by atoms with Crippen LogP contribution in [0, 0.1) is 12.7 Å². The quantitative estimate of drug-likeness (QED) is 0.715. The normalized spacial score (nSPS) is 16.9. The molecule has 1 nitrogen and oxygen atoms in total. The fourth-order valence-corrected chi connectivity index (χ4v) is 2.99. The fraction of sp³-hybridized carbons (Fsp3) is 0.556. The molecule has 1 aromatic rings. The van der Waals surface area contributed by atoms with Crippen molar-refractivity contribution < 1.29 is 4.39 Å². The minimum atomic E-state index is -0.141. The Hall–Kier alpha value is -1.15. The summed E-state index contributed by atoms with van der Waals surface area (Å²) in [5.41, 5.74) is 3.86. The summed E-state index contributed by atoms with van der Waals surface area (Å²) in [6.07, 6.45) is 9.68. The summed E-state index contributed by atoms with van der Waals surface area (Å²) in [7, 11) is 0. The van der Waals surface area contributed by atoms with E-state index >= 15 is 0 Å². The van der Waals surface area contributed by atoms with Crippen LogP contribution in [0.25, 0.3) is 0 Å². The van der Waals surface area contributed by atoms with Crippen molar-refractivity contribution in [1.29, 1.82) is 0 Å². The Balaban J connectivity index is 2.15. The molecule has 1 aliphatic rings. The van der Waals surface area contributed by atoms with Gasteiger partial charge in [-0.2, -0.15) is 0 Å². The van der Waals surface area contributed by atoms with Gasteiger partial charge in [0.15, 0.2) is 0 Å². The predicted molar refractivity (Wildman–Crippen MR) is 83.3 cm³/mol. The molecule has 2 rings (SSSR count). The highest BCUT2D eigenvalue weighted by atomic mass is 19.1. The number of nitrogens with one attached hydrogen (secondary N) is 1. The average Bonchev–Trinajstić information content (AvgIpc) is 2.45. The Kier molecular flexibility index (Phi) is 5.78. The van der Waals surface area contributed by atoms with Crippen LogP contribution in [-0.4, -0.2) is 6.54 Å². The summed E-state index contributed by atoms with van der Waals surface area (Å²) < 4.78 is 13.3. The zero-order chi connectivity index (χ0) is 14.4. The third-order valence-electron chi connectivity index (χ3n) is 4.10. The Morgan fingerprint density at radius 3 is 2.80 bits per heavy atom. The van der Waals surface area contributed by atoms with E-state index in [0.717, 1.165) is 24.9 Å². The Morgan fingerprint density at radius 1 is 1.30 bits per heavy atom. The maximum Gasteiger partial charge on any atom is 0.123 e. The second-order valence-electron chi connectivity index (χ2n) is 5.82. The van der Waals surface area contributed by atoms with Crippen LogP contribution in [0.15, 0.2) is 29.8 Å². The third-order valence-corrected chi connectivity index (χ3v) is 4.10. The summed E-state index contributed by atoms with van der Waals surface area (Å²) in [6, 6.07) is 5.49. The van der Waals surface area contributed by atoms with Gasteiger partial charge in [0.1, 0.15) is 5.82 Å². The Bertz CT molecular complexity index is 464. The first-order valence-corrected chi connectivity index (χ1v) is 7.88. The molecule has 0 fully saturated rings. The predicted octanol–water partition coefficient (Wildman–Crippen LogP) is 5.07. The van der Waals surface area contributed by atoms with E-state index in [-0.39, 0.29) is 5.82 Å². The largest absolute Gasteiger partial charge is 0.310 e. The van der Waals surface area contributed by atoms with E-state index in [2.05, 4.69) is 18.3 Å². The van der Waals surface area contributed by atoms with Crippen LogP contribution in [-0.2, 0) is 0 Å². The van der Waals surface area contributed by atoms with Crippen LogP contribution in [0.1, 0.15) is 62.6 Å². The van der Waals surface area contributed by atoms with Crippen molar-refractivity contribution in [3.05, 3.63) is 46.8 Å². The fourth-order valence-electron chi connectivity index (χ4n) is 2.99. The number of hydrogen-bond acceptors (Lipinski definition) is 1. The second kappa shape index (κ2) is 7.58. The van der Waals surface area contributed by atoms with Crippen molar-refractivity contribution in [1.82, 2.24) is 5.32 Å². The van der Waals surface area contributed by atoms with E-state index in [0.29, 0.717) is 6.04 Å². The number of aryl methyl sites for hydroxylation is 1. The first-order valence-electron chi connectivity index (χ1n) is 7.88. The summed E-state index contributed by atoms with van der Waals surface area (Å²) in [5, 5.41) is 3.63. The van der Waals surface area contributed by atoms with Gasteiger partial charge < -0.3 is 5.32 Å². The highest BCUT2D eigenvalue weighted by molar-refractivity contribution is 5.31. The molecule has 0 aliphatic heterocycles. The average molecular weight is 275 g/mol. The zero-order valence-corrected chi connectivity index (χ0v) is 12.7. The van der Waals surface area contributed by atoms with Crippen LogP contribution in [0.5, 0.6) is 0 Å². The number of halogens is 1. The van der Waals surface area contributed by atoms with Gasteiger partial charge in [0.05, 0.1) is 0 Å². The lowest BCUT2D eigenvalue weighted by Gasteiger charge is -2.24. The monoisotopic (exact) mass is 275 g/mol. The number of allylic oxidation sites excluding steroid dienone is 1. The smallest absolute Gasteiger partial charge is 0.123 e. The lowest BCUT2D eigenvalue weighted by Crippen LogP contribution is -2.23. The summed E-state index contributed by atoms with van der Waals surface area (Å²) in [5.74, 6) is -0.141. The molecule has 1 unspecified atom stereocenters. The molecule has 1 atom stereocenters. The Labute approximate surface area is 122 Å². The molecule has 0 bridgehead atoms. The van der Waals surface area contributed by atoms with Gasteiger partial charge in [-0.25, -0.2) is 4.39 Å². The standard InChI is InChI=1S/C18H26FN/c1-3-11-20-18(13-15-7-5-4-6-8-15)17-10-9-16(19)12-14(17)2/h7,9-10,12,18,20H,3-6,8,11,13H2,1-2H3. The molecule has 20 heavy (non-hydrogen) atoms. The van der Waals surface area contributed by atoms with Gasteiger partial charge >= 0.3 is 0 Å². The van der Waals surface area contributed by atoms with Gasteiger partial charge in [-0.3, -0.25) is 0 Å². The molecule has 1 aromatic carbocycles. The van der Waals surface area contributed by atoms with Crippen LogP contribution in [0.4, 0.5) is 4.39 Å². The SMILES string of the molecule is CCCNC(CC1=CCCCC1)c1ccc(F)cc1C. The van der Waals surface area contributed by atoms with Crippen molar-refractivity contribution in [2.45, 2.75) is 58.4 Å². The maximum atomic E-state index is 13.3. The van der Waals surface area contributed by atoms with Crippen molar-refractivity contribution in [3.8, 4) is 0 Å². The molecule has 0 radical (unpaired) electrons. The topological polar surface area (TPSA) is 12.0 Å². The van der Waals surface area contributed by atoms with Gasteiger partial charge in [-0.05, 0) is 75.3 Å². The highest BCUT2D eigenvalue weighted by Gasteiger charge is 2.16. The van der Waals surface area contributed by atoms with Crippen LogP contribution >= 0.6 is 0 Å². The molecule has 0 spiro atoms. The van der Waals surface area contributed by atoms with E-state index in [1.807, 2.05) is 13.0 Å². The van der Waals surface area contributed by atoms with Crippen molar-refractivity contribution in [3.63, 3.8) is 0 Å². The molecule has 2 heteroatoms. The van der Waals surface area contributed by atoms with Crippen LogP contribution < -0.4 is 5.32 Å². The molecule has 0 amide bonds. The molecule has 0 aromatic heterocycles. The van der Waals surface area contributed by atoms with Gasteiger partial charge in [0.25, 0.3) is 0 Å². The van der Waals surface area contributed by atoms with E-state index in [1.54, 1.807) is 17.7 Å². The van der Waals surface area contributed by atoms with Gasteiger partial charge in [-0.15, -0.1) is 0 Å². The zero-order valence-electron chi connectivity index (χ0n) is 12.7. The van der Waals surface area contributed by atoms with Crippen molar-refractivity contribution >= 4 is 0 Å². The van der Waals surface area contributed by atoms with E-state index in [1.165, 1.54) is 31.2 Å². The van der Waals surface area contributed by atoms with E-state index in [4.69, 9.17) is 0 Å². The lowest BCUT2D eigenvalue weighted by molar-refractivity contribution is 0.508. The molecule has 0 heterocycles. The maximum absolute atomic E-state index is 13.3. The molecule has 1 N–H and O–H groups in total. The summed E-state index contributed by atoms with van der Waals surface area (Å²) in [6.45, 7) is 5.20. The molecular formula is C18H26FN. The van der Waals surface area contributed by atoms with Crippen molar-refractivity contribution in [2.24, 2.45) is 0 Å². The number of benzene rings is 1. The minimum Gasteiger partial charge on any atom is -0.310 e. The van der Waals surface area contributed by atoms with Crippen LogP contribution in [0.2, 0.25) is 0 Å². The highest BCUT2D eigenvalue weighted by Crippen LogP contribution is 2.29. The molecule has 1 aliphatic carbocycles. The molecule has 0 saturated heterocycles.